The molecule has 0 radical (unpaired) electrons. The van der Waals surface area contributed by atoms with Gasteiger partial charge in [0.2, 0.25) is 0 Å². The zero-order valence-corrected chi connectivity index (χ0v) is 8.21. The Labute approximate surface area is 77.0 Å². The number of aromatic nitrogens is 1. The number of esters is 1. The van der Waals surface area contributed by atoms with E-state index in [1.54, 1.807) is 6.92 Å². The van der Waals surface area contributed by atoms with Gasteiger partial charge in [0, 0.05) is 6.92 Å². The molecule has 5 heteroatoms. The topological polar surface area (TPSA) is 52.3 Å². The maximum absolute atomic E-state index is 10.5. The van der Waals surface area contributed by atoms with Crippen molar-refractivity contribution in [3.63, 3.8) is 0 Å². The predicted molar refractivity (Wildman–Crippen MR) is 45.3 cm³/mol. The SMILES string of the molecule is CC(=O)Oc1onc(C)c1I. The summed E-state index contributed by atoms with van der Waals surface area (Å²) in [6, 6.07) is 0. The molecule has 0 amide bonds. The van der Waals surface area contributed by atoms with Crippen molar-refractivity contribution in [2.75, 3.05) is 0 Å². The second kappa shape index (κ2) is 3.21. The van der Waals surface area contributed by atoms with Gasteiger partial charge in [-0.25, -0.2) is 0 Å². The van der Waals surface area contributed by atoms with Crippen molar-refractivity contribution in [2.45, 2.75) is 13.8 Å². The lowest BCUT2D eigenvalue weighted by atomic mass is 10.5. The van der Waals surface area contributed by atoms with Gasteiger partial charge in [-0.05, 0) is 29.5 Å². The molecular formula is C6H6INO3. The molecule has 1 heterocycles. The van der Waals surface area contributed by atoms with Gasteiger partial charge in [-0.15, -0.1) is 0 Å². The largest absolute Gasteiger partial charge is 0.391 e. The Morgan fingerprint density at radius 2 is 2.36 bits per heavy atom. The molecule has 11 heavy (non-hydrogen) atoms. The molecule has 0 spiro atoms. The highest BCUT2D eigenvalue weighted by molar-refractivity contribution is 14.1. The predicted octanol–water partition coefficient (Wildman–Crippen LogP) is 1.51. The Bertz CT molecular complexity index is 281. The third kappa shape index (κ3) is 1.92. The summed E-state index contributed by atoms with van der Waals surface area (Å²) in [4.78, 5) is 10.5. The van der Waals surface area contributed by atoms with Crippen molar-refractivity contribution in [2.24, 2.45) is 0 Å². The number of nitrogens with zero attached hydrogens (tertiary/aromatic N) is 1. The van der Waals surface area contributed by atoms with Gasteiger partial charge in [0.15, 0.2) is 0 Å². The van der Waals surface area contributed by atoms with Crippen LogP contribution in [0, 0.1) is 10.5 Å². The first-order valence-corrected chi connectivity index (χ1v) is 3.99. The number of ether oxygens (including phenoxy) is 1. The molecule has 0 saturated carbocycles. The smallest absolute Gasteiger partial charge is 0.332 e. The molecule has 0 aliphatic carbocycles. The van der Waals surface area contributed by atoms with Crippen molar-refractivity contribution >= 4 is 28.6 Å². The quantitative estimate of drug-likeness (QED) is 0.571. The number of rotatable bonds is 1. The van der Waals surface area contributed by atoms with E-state index < -0.39 is 5.97 Å². The summed E-state index contributed by atoms with van der Waals surface area (Å²) in [5.41, 5.74) is 0.724. The number of hydrogen-bond acceptors (Lipinski definition) is 4. The van der Waals surface area contributed by atoms with Gasteiger partial charge in [-0.3, -0.25) is 4.79 Å². The van der Waals surface area contributed by atoms with Crippen LogP contribution in [0.3, 0.4) is 0 Å². The van der Waals surface area contributed by atoms with Crippen LogP contribution in [0.25, 0.3) is 0 Å². The first-order valence-electron chi connectivity index (χ1n) is 2.91. The highest BCUT2D eigenvalue weighted by Crippen LogP contribution is 2.23. The lowest BCUT2D eigenvalue weighted by Crippen LogP contribution is -2.01. The van der Waals surface area contributed by atoms with Gasteiger partial charge in [-0.2, -0.15) is 0 Å². The molecule has 0 aliphatic heterocycles. The van der Waals surface area contributed by atoms with Crippen molar-refractivity contribution in [3.8, 4) is 5.95 Å². The molecular weight excluding hydrogens is 261 g/mol. The van der Waals surface area contributed by atoms with Gasteiger partial charge in [0.1, 0.15) is 3.57 Å². The number of carbonyl (C=O) groups is 1. The fourth-order valence-electron chi connectivity index (χ4n) is 0.532. The minimum Gasteiger partial charge on any atom is -0.391 e. The number of halogens is 1. The van der Waals surface area contributed by atoms with E-state index in [9.17, 15) is 4.79 Å². The van der Waals surface area contributed by atoms with E-state index in [-0.39, 0.29) is 5.95 Å². The Balaban J connectivity index is 2.87. The monoisotopic (exact) mass is 267 g/mol. The summed E-state index contributed by atoms with van der Waals surface area (Å²) in [6.45, 7) is 3.09. The van der Waals surface area contributed by atoms with E-state index in [2.05, 4.69) is 5.16 Å². The molecule has 0 atom stereocenters. The van der Waals surface area contributed by atoms with E-state index in [1.165, 1.54) is 6.92 Å². The van der Waals surface area contributed by atoms with Gasteiger partial charge in [0.05, 0.1) is 5.69 Å². The Kier molecular flexibility index (Phi) is 2.48. The van der Waals surface area contributed by atoms with Gasteiger partial charge < -0.3 is 9.26 Å². The summed E-state index contributed by atoms with van der Waals surface area (Å²) in [5.74, 6) is -0.227. The number of carbonyl (C=O) groups excluding carboxylic acids is 1. The summed E-state index contributed by atoms with van der Waals surface area (Å²) >= 11 is 2.00. The molecule has 0 aromatic carbocycles. The fourth-order valence-corrected chi connectivity index (χ4v) is 0.839. The van der Waals surface area contributed by atoms with Crippen LogP contribution >= 0.6 is 22.6 Å². The zero-order valence-electron chi connectivity index (χ0n) is 6.05. The molecule has 0 saturated heterocycles. The summed E-state index contributed by atoms with van der Waals surface area (Å²) < 4.78 is 10.1. The van der Waals surface area contributed by atoms with E-state index in [0.717, 1.165) is 9.26 Å². The zero-order chi connectivity index (χ0) is 8.43. The second-order valence-electron chi connectivity index (χ2n) is 1.96. The van der Waals surface area contributed by atoms with Crippen LogP contribution < -0.4 is 4.74 Å². The molecule has 0 N–H and O–H groups in total. The average Bonchev–Trinajstić information content (AvgIpc) is 2.18. The van der Waals surface area contributed by atoms with Crippen LogP contribution in [-0.2, 0) is 4.79 Å². The first kappa shape index (κ1) is 8.51. The summed E-state index contributed by atoms with van der Waals surface area (Å²) in [5, 5.41) is 3.61. The highest BCUT2D eigenvalue weighted by atomic mass is 127. The lowest BCUT2D eigenvalue weighted by molar-refractivity contribution is -0.133. The summed E-state index contributed by atoms with van der Waals surface area (Å²) in [6.07, 6.45) is 0. The van der Waals surface area contributed by atoms with E-state index >= 15 is 0 Å². The third-order valence-electron chi connectivity index (χ3n) is 0.999. The fraction of sp³-hybridized carbons (Fsp3) is 0.333. The minimum atomic E-state index is -0.404. The van der Waals surface area contributed by atoms with Crippen molar-refractivity contribution < 1.29 is 14.1 Å². The van der Waals surface area contributed by atoms with Gasteiger partial charge in [-0.1, -0.05) is 5.16 Å². The van der Waals surface area contributed by atoms with Crippen molar-refractivity contribution in [3.05, 3.63) is 9.26 Å². The molecule has 60 valence electrons. The highest BCUT2D eigenvalue weighted by Gasteiger charge is 2.12. The molecule has 0 unspecified atom stereocenters. The maximum Gasteiger partial charge on any atom is 0.332 e. The molecule has 0 fully saturated rings. The third-order valence-corrected chi connectivity index (χ3v) is 2.22. The molecule has 0 bridgehead atoms. The average molecular weight is 267 g/mol. The Hall–Kier alpha value is -0.590. The van der Waals surface area contributed by atoms with Crippen LogP contribution in [0.5, 0.6) is 5.95 Å². The second-order valence-corrected chi connectivity index (χ2v) is 3.04. The van der Waals surface area contributed by atoms with E-state index in [0.29, 0.717) is 0 Å². The Morgan fingerprint density at radius 1 is 1.73 bits per heavy atom. The van der Waals surface area contributed by atoms with Gasteiger partial charge in [0.25, 0.3) is 0 Å². The van der Waals surface area contributed by atoms with Crippen LogP contribution in [0.4, 0.5) is 0 Å². The van der Waals surface area contributed by atoms with Gasteiger partial charge >= 0.3 is 11.9 Å². The number of aryl methyl sites for hydroxylation is 1. The molecule has 1 rings (SSSR count). The van der Waals surface area contributed by atoms with Crippen LogP contribution in [0.1, 0.15) is 12.6 Å². The standard InChI is InChI=1S/C6H6INO3/c1-3-5(7)6(11-8-3)10-4(2)9/h1-2H3. The normalized spacial score (nSPS) is 9.73. The van der Waals surface area contributed by atoms with E-state index in [1.807, 2.05) is 22.6 Å². The van der Waals surface area contributed by atoms with Crippen LogP contribution in [-0.4, -0.2) is 11.1 Å². The Morgan fingerprint density at radius 3 is 2.73 bits per heavy atom. The maximum atomic E-state index is 10.5. The van der Waals surface area contributed by atoms with Crippen LogP contribution in [0.2, 0.25) is 0 Å². The molecule has 0 aliphatic rings. The minimum absolute atomic E-state index is 0.176. The summed E-state index contributed by atoms with van der Waals surface area (Å²) in [7, 11) is 0. The first-order chi connectivity index (χ1) is 5.11. The lowest BCUT2D eigenvalue weighted by Gasteiger charge is -1.92. The van der Waals surface area contributed by atoms with Crippen LogP contribution in [0.15, 0.2) is 4.52 Å². The molecule has 1 aromatic rings. The van der Waals surface area contributed by atoms with Crippen molar-refractivity contribution in [1.29, 1.82) is 0 Å². The molecule has 1 aromatic heterocycles. The molecule has 4 nitrogen and oxygen atoms in total. The number of hydrogen-bond donors (Lipinski definition) is 0. The van der Waals surface area contributed by atoms with E-state index in [4.69, 9.17) is 9.26 Å². The van der Waals surface area contributed by atoms with Crippen molar-refractivity contribution in [1.82, 2.24) is 5.16 Å².